The molecule has 61 heavy (non-hydrogen) atoms. The molecule has 0 aliphatic rings. The topological polar surface area (TPSA) is 42.0 Å². The van der Waals surface area contributed by atoms with Crippen LogP contribution in [0.1, 0.15) is 95.1 Å². The predicted octanol–water partition coefficient (Wildman–Crippen LogP) is 16.1. The molecule has 0 amide bonds. The average Bonchev–Trinajstić information content (AvgIpc) is 3.29. The Hall–Kier alpha value is -6.59. The van der Waals surface area contributed by atoms with Crippen LogP contribution < -0.4 is 19.3 Å². The number of carbonyl (C=O) groups is 1. The number of hydrogen-bond donors (Lipinski definition) is 0. The average molecular weight is 807 g/mol. The van der Waals surface area contributed by atoms with E-state index in [1.54, 1.807) is 0 Å². The molecular weight excluding hydrogens is 749 g/mol. The van der Waals surface area contributed by atoms with Gasteiger partial charge in [0.05, 0.1) is 0 Å². The Bertz CT molecular complexity index is 2450. The van der Waals surface area contributed by atoms with Gasteiger partial charge >= 0.3 is 0 Å². The molecule has 7 aromatic carbocycles. The molecule has 0 aromatic heterocycles. The first kappa shape index (κ1) is 42.5. The second kappa shape index (κ2) is 19.2. The van der Waals surface area contributed by atoms with Crippen LogP contribution in [0.3, 0.4) is 0 Å². The molecule has 310 valence electrons. The van der Waals surface area contributed by atoms with Crippen LogP contribution >= 0.6 is 0 Å². The SMILES string of the molecule is CCCC(C)(CC)Oc1ccc(C(=O)c2ccc(Oc3ccc(N(c4ccccc4)c4ccc(N(c5ccccc5)c5ccc(C(C)(C)CCC)cc5)cc4)cc3)cc2)cc1. The number of carbonyl (C=O) groups excluding carboxylic acids is 1. The molecule has 0 aliphatic carbocycles. The van der Waals surface area contributed by atoms with Gasteiger partial charge in [-0.15, -0.1) is 0 Å². The van der Waals surface area contributed by atoms with Crippen molar-refractivity contribution in [2.75, 3.05) is 9.80 Å². The first-order valence-electron chi connectivity index (χ1n) is 21.7. The van der Waals surface area contributed by atoms with Gasteiger partial charge in [0.15, 0.2) is 5.78 Å². The lowest BCUT2D eigenvalue weighted by Gasteiger charge is -2.29. The number of rotatable bonds is 18. The van der Waals surface area contributed by atoms with Crippen molar-refractivity contribution >= 4 is 39.9 Å². The molecule has 0 radical (unpaired) electrons. The summed E-state index contributed by atoms with van der Waals surface area (Å²) in [5.41, 5.74) is 8.86. The molecule has 0 bridgehead atoms. The van der Waals surface area contributed by atoms with Gasteiger partial charge in [-0.2, -0.15) is 0 Å². The molecule has 0 fully saturated rings. The minimum Gasteiger partial charge on any atom is -0.488 e. The standard InChI is InChI=1S/C56H58N2O3/c1-7-40-55(4,5)44-24-26-47(27-25-44)57(45-16-12-10-13-17-45)48-28-30-49(31-29-48)58(46-18-14-11-15-19-46)50-32-38-52(39-33-50)60-51-34-20-42(21-35-51)54(59)43-22-36-53(37-23-43)61-56(6,9-3)41-8-2/h10-39H,7-9,40-41H2,1-6H3. The molecule has 1 atom stereocenters. The van der Waals surface area contributed by atoms with Gasteiger partial charge in [-0.1, -0.05) is 96.0 Å². The normalized spacial score (nSPS) is 12.3. The number of anilines is 6. The number of para-hydroxylation sites is 2. The van der Waals surface area contributed by atoms with E-state index in [1.165, 1.54) is 5.56 Å². The highest BCUT2D eigenvalue weighted by molar-refractivity contribution is 6.09. The van der Waals surface area contributed by atoms with Crippen molar-refractivity contribution in [1.82, 2.24) is 0 Å². The maximum atomic E-state index is 13.4. The van der Waals surface area contributed by atoms with E-state index in [1.807, 2.05) is 66.7 Å². The summed E-state index contributed by atoms with van der Waals surface area (Å²) in [5.74, 6) is 2.09. The molecule has 5 heteroatoms. The van der Waals surface area contributed by atoms with E-state index in [0.29, 0.717) is 22.6 Å². The lowest BCUT2D eigenvalue weighted by Crippen LogP contribution is -2.31. The first-order chi connectivity index (χ1) is 29.6. The molecule has 0 aliphatic heterocycles. The smallest absolute Gasteiger partial charge is 0.193 e. The van der Waals surface area contributed by atoms with Gasteiger partial charge in [-0.05, 0) is 171 Å². The summed E-state index contributed by atoms with van der Waals surface area (Å²) in [4.78, 5) is 17.9. The van der Waals surface area contributed by atoms with E-state index in [0.717, 1.165) is 72.0 Å². The van der Waals surface area contributed by atoms with Crippen LogP contribution in [-0.4, -0.2) is 11.4 Å². The maximum absolute atomic E-state index is 13.4. The van der Waals surface area contributed by atoms with E-state index in [2.05, 4.69) is 167 Å². The van der Waals surface area contributed by atoms with Gasteiger partial charge in [0.1, 0.15) is 22.8 Å². The van der Waals surface area contributed by atoms with E-state index in [4.69, 9.17) is 9.47 Å². The Balaban J connectivity index is 1.08. The summed E-state index contributed by atoms with van der Waals surface area (Å²) < 4.78 is 12.6. The van der Waals surface area contributed by atoms with Crippen LogP contribution in [0, 0.1) is 0 Å². The number of ether oxygens (including phenoxy) is 2. The summed E-state index contributed by atoms with van der Waals surface area (Å²) in [6.45, 7) is 13.4. The van der Waals surface area contributed by atoms with Crippen molar-refractivity contribution in [1.29, 1.82) is 0 Å². The molecule has 5 nitrogen and oxygen atoms in total. The minimum atomic E-state index is -0.212. The van der Waals surface area contributed by atoms with Crippen molar-refractivity contribution in [3.63, 3.8) is 0 Å². The van der Waals surface area contributed by atoms with Gasteiger partial charge < -0.3 is 19.3 Å². The minimum absolute atomic E-state index is 0.0448. The molecule has 1 unspecified atom stereocenters. The predicted molar refractivity (Wildman–Crippen MR) is 254 cm³/mol. The molecule has 7 rings (SSSR count). The largest absolute Gasteiger partial charge is 0.488 e. The fraction of sp³-hybridized carbons (Fsp3) is 0.232. The van der Waals surface area contributed by atoms with Crippen LogP contribution in [0.5, 0.6) is 17.2 Å². The second-order valence-corrected chi connectivity index (χ2v) is 16.7. The van der Waals surface area contributed by atoms with Crippen molar-refractivity contribution in [2.24, 2.45) is 0 Å². The first-order valence-corrected chi connectivity index (χ1v) is 21.7. The molecule has 0 saturated heterocycles. The zero-order valence-corrected chi connectivity index (χ0v) is 36.5. The van der Waals surface area contributed by atoms with Crippen LogP contribution in [0.15, 0.2) is 182 Å². The van der Waals surface area contributed by atoms with Gasteiger partial charge in [-0.3, -0.25) is 4.79 Å². The summed E-state index contributed by atoms with van der Waals surface area (Å²) in [6.07, 6.45) is 5.25. The Labute approximate surface area is 363 Å². The van der Waals surface area contributed by atoms with E-state index >= 15 is 0 Å². The Morgan fingerprint density at radius 1 is 0.443 bits per heavy atom. The van der Waals surface area contributed by atoms with Gasteiger partial charge in [-0.25, -0.2) is 0 Å². The zero-order chi connectivity index (χ0) is 42.8. The number of benzene rings is 7. The fourth-order valence-corrected chi connectivity index (χ4v) is 8.06. The lowest BCUT2D eigenvalue weighted by molar-refractivity contribution is 0.0741. The van der Waals surface area contributed by atoms with Crippen LogP contribution in [0.4, 0.5) is 34.1 Å². The van der Waals surface area contributed by atoms with E-state index in [9.17, 15) is 4.79 Å². The molecule has 0 N–H and O–H groups in total. The van der Waals surface area contributed by atoms with Crippen LogP contribution in [0.2, 0.25) is 0 Å². The summed E-state index contributed by atoms with van der Waals surface area (Å²) in [6, 6.07) is 61.6. The molecule has 0 saturated carbocycles. The lowest BCUT2D eigenvalue weighted by atomic mass is 9.81. The zero-order valence-electron chi connectivity index (χ0n) is 36.5. The highest BCUT2D eigenvalue weighted by atomic mass is 16.5. The summed E-state index contributed by atoms with van der Waals surface area (Å²) in [7, 11) is 0. The molecule has 0 heterocycles. The van der Waals surface area contributed by atoms with Crippen molar-refractivity contribution in [3.05, 3.63) is 199 Å². The maximum Gasteiger partial charge on any atom is 0.193 e. The van der Waals surface area contributed by atoms with Gasteiger partial charge in [0.2, 0.25) is 0 Å². The van der Waals surface area contributed by atoms with E-state index < -0.39 is 0 Å². The van der Waals surface area contributed by atoms with Crippen LogP contribution in [0.25, 0.3) is 0 Å². The van der Waals surface area contributed by atoms with Crippen molar-refractivity contribution in [3.8, 4) is 17.2 Å². The fourth-order valence-electron chi connectivity index (χ4n) is 8.06. The van der Waals surface area contributed by atoms with Crippen molar-refractivity contribution in [2.45, 2.75) is 84.7 Å². The quantitative estimate of drug-likeness (QED) is 0.0808. The summed E-state index contributed by atoms with van der Waals surface area (Å²) >= 11 is 0. The van der Waals surface area contributed by atoms with Gasteiger partial charge in [0, 0.05) is 45.3 Å². The molecule has 0 spiro atoms. The third-order valence-corrected chi connectivity index (χ3v) is 11.6. The molecular formula is C56H58N2O3. The van der Waals surface area contributed by atoms with Crippen molar-refractivity contribution < 1.29 is 14.3 Å². The third-order valence-electron chi connectivity index (χ3n) is 11.6. The summed E-state index contributed by atoms with van der Waals surface area (Å²) in [5, 5.41) is 0. The van der Waals surface area contributed by atoms with Crippen LogP contribution in [-0.2, 0) is 5.41 Å². The Kier molecular flexibility index (Phi) is 13.4. The number of nitrogens with zero attached hydrogens (tertiary/aromatic N) is 2. The van der Waals surface area contributed by atoms with E-state index in [-0.39, 0.29) is 16.8 Å². The number of ketones is 1. The monoisotopic (exact) mass is 806 g/mol. The van der Waals surface area contributed by atoms with Gasteiger partial charge in [0.25, 0.3) is 0 Å². The Morgan fingerprint density at radius 3 is 1.21 bits per heavy atom. The number of hydrogen-bond acceptors (Lipinski definition) is 5. The third kappa shape index (κ3) is 10.2. The molecule has 7 aromatic rings. The Morgan fingerprint density at radius 2 is 0.803 bits per heavy atom. The highest BCUT2D eigenvalue weighted by Crippen LogP contribution is 2.40. The second-order valence-electron chi connectivity index (χ2n) is 16.7. The highest BCUT2D eigenvalue weighted by Gasteiger charge is 2.24.